The van der Waals surface area contributed by atoms with E-state index in [1.807, 2.05) is 24.3 Å². The molecule has 1 heterocycles. The van der Waals surface area contributed by atoms with Gasteiger partial charge in [-0.3, -0.25) is 19.4 Å². The van der Waals surface area contributed by atoms with Crippen molar-refractivity contribution in [2.24, 2.45) is 5.92 Å². The van der Waals surface area contributed by atoms with Gasteiger partial charge in [-0.15, -0.1) is 0 Å². The van der Waals surface area contributed by atoms with Crippen molar-refractivity contribution in [2.75, 3.05) is 12.4 Å². The van der Waals surface area contributed by atoms with Crippen LogP contribution in [0.5, 0.6) is 0 Å². The number of benzene rings is 2. The van der Waals surface area contributed by atoms with Gasteiger partial charge in [-0.1, -0.05) is 37.5 Å². The van der Waals surface area contributed by atoms with Gasteiger partial charge in [-0.2, -0.15) is 0 Å². The van der Waals surface area contributed by atoms with Crippen LogP contribution in [0.1, 0.15) is 52.8 Å². The summed E-state index contributed by atoms with van der Waals surface area (Å²) in [6.45, 7) is 0. The Hall–Kier alpha value is -3.76. The third-order valence-electron chi connectivity index (χ3n) is 6.56. The molecule has 1 aliphatic rings. The molecule has 1 aliphatic carbocycles. The minimum atomic E-state index is -1.86. The Labute approximate surface area is 209 Å². The Morgan fingerprint density at radius 3 is 2.44 bits per heavy atom. The summed E-state index contributed by atoms with van der Waals surface area (Å²) in [7, 11) is -0.327. The number of anilines is 1. The minimum Gasteiger partial charge on any atom is -0.423 e. The molecule has 1 fully saturated rings. The van der Waals surface area contributed by atoms with Gasteiger partial charge < -0.3 is 26.0 Å². The van der Waals surface area contributed by atoms with Crippen molar-refractivity contribution in [2.45, 2.75) is 38.1 Å². The first-order valence-corrected chi connectivity index (χ1v) is 12.1. The first kappa shape index (κ1) is 25.3. The zero-order chi connectivity index (χ0) is 25.7. The fourth-order valence-electron chi connectivity index (χ4n) is 4.65. The van der Waals surface area contributed by atoms with Crippen LogP contribution in [0.3, 0.4) is 0 Å². The molecule has 186 valence electrons. The molecular formula is C26H29BN4O5. The van der Waals surface area contributed by atoms with Gasteiger partial charge in [0.15, 0.2) is 0 Å². The molecule has 1 saturated carbocycles. The maximum absolute atomic E-state index is 13.2. The maximum Gasteiger partial charge on any atom is 0.488 e. The summed E-state index contributed by atoms with van der Waals surface area (Å²) in [6, 6.07) is 12.5. The van der Waals surface area contributed by atoms with Crippen molar-refractivity contribution in [3.8, 4) is 0 Å². The number of likely N-dealkylation sites (N-methyl/N-ethyl adjacent to an activating group) is 1. The van der Waals surface area contributed by atoms with E-state index in [1.54, 1.807) is 6.07 Å². The molecule has 4 rings (SSSR count). The van der Waals surface area contributed by atoms with E-state index in [-0.39, 0.29) is 28.5 Å². The average molecular weight is 488 g/mol. The largest absolute Gasteiger partial charge is 0.488 e. The molecule has 0 unspecified atom stereocenters. The molecule has 10 heteroatoms. The third-order valence-corrected chi connectivity index (χ3v) is 6.56. The Morgan fingerprint density at radius 2 is 1.72 bits per heavy atom. The standard InChI is InChI=1S/C26H29BN4O5/c1-28-26(34)23(16-7-3-2-4-8-16)31-24(32)18-12-20(27(35)36)14-21(13-18)30-25(33)19-11-17-9-5-6-10-22(17)29-15-19/h5-6,9-16,23,35-36H,2-4,7-8H2,1H3,(H,28,34)(H,30,33)(H,31,32)/t23-/m0/s1. The predicted molar refractivity (Wildman–Crippen MR) is 138 cm³/mol. The zero-order valence-corrected chi connectivity index (χ0v) is 20.0. The number of fused-ring (bicyclic) bond motifs is 1. The first-order valence-electron chi connectivity index (χ1n) is 12.1. The van der Waals surface area contributed by atoms with Gasteiger partial charge in [0.25, 0.3) is 11.8 Å². The number of rotatable bonds is 7. The lowest BCUT2D eigenvalue weighted by Gasteiger charge is -2.29. The van der Waals surface area contributed by atoms with Crippen molar-refractivity contribution in [3.05, 3.63) is 65.9 Å². The molecule has 0 bridgehead atoms. The number of pyridine rings is 1. The van der Waals surface area contributed by atoms with E-state index in [1.165, 1.54) is 31.4 Å². The van der Waals surface area contributed by atoms with Gasteiger partial charge in [0, 0.05) is 29.9 Å². The van der Waals surface area contributed by atoms with Gasteiger partial charge >= 0.3 is 7.12 Å². The number of hydrogen-bond donors (Lipinski definition) is 5. The fourth-order valence-corrected chi connectivity index (χ4v) is 4.65. The second-order valence-corrected chi connectivity index (χ2v) is 9.05. The molecule has 3 amide bonds. The van der Waals surface area contributed by atoms with Crippen molar-refractivity contribution < 1.29 is 24.4 Å². The van der Waals surface area contributed by atoms with Crippen LogP contribution in [0.15, 0.2) is 54.7 Å². The van der Waals surface area contributed by atoms with Gasteiger partial charge in [-0.05, 0) is 54.6 Å². The van der Waals surface area contributed by atoms with Crippen molar-refractivity contribution in [1.82, 2.24) is 15.6 Å². The van der Waals surface area contributed by atoms with Gasteiger partial charge in [-0.25, -0.2) is 0 Å². The van der Waals surface area contributed by atoms with Crippen molar-refractivity contribution in [1.29, 1.82) is 0 Å². The molecular weight excluding hydrogens is 459 g/mol. The van der Waals surface area contributed by atoms with Crippen LogP contribution in [-0.2, 0) is 4.79 Å². The van der Waals surface area contributed by atoms with E-state index in [2.05, 4.69) is 20.9 Å². The summed E-state index contributed by atoms with van der Waals surface area (Å²) in [4.78, 5) is 42.9. The normalized spacial score (nSPS) is 14.6. The SMILES string of the molecule is CNC(=O)[C@@H](NC(=O)c1cc(NC(=O)c2cnc3ccccc3c2)cc(B(O)O)c1)C1CCCCC1. The topological polar surface area (TPSA) is 141 Å². The van der Waals surface area contributed by atoms with Crippen LogP contribution >= 0.6 is 0 Å². The highest BCUT2D eigenvalue weighted by Gasteiger charge is 2.31. The Morgan fingerprint density at radius 1 is 0.972 bits per heavy atom. The van der Waals surface area contributed by atoms with E-state index in [9.17, 15) is 24.4 Å². The van der Waals surface area contributed by atoms with E-state index in [0.29, 0.717) is 5.56 Å². The molecule has 5 N–H and O–H groups in total. The quantitative estimate of drug-likeness (QED) is 0.320. The highest BCUT2D eigenvalue weighted by molar-refractivity contribution is 6.58. The fraction of sp³-hybridized carbons (Fsp3) is 0.308. The number of amides is 3. The molecule has 0 saturated heterocycles. The lowest BCUT2D eigenvalue weighted by molar-refractivity contribution is -0.124. The van der Waals surface area contributed by atoms with Crippen molar-refractivity contribution in [3.63, 3.8) is 0 Å². The van der Waals surface area contributed by atoms with Crippen LogP contribution in [0, 0.1) is 5.92 Å². The Bertz CT molecular complexity index is 1280. The van der Waals surface area contributed by atoms with Crippen LogP contribution in [0.25, 0.3) is 10.9 Å². The first-order chi connectivity index (χ1) is 17.4. The third kappa shape index (κ3) is 5.89. The number of para-hydroxylation sites is 1. The van der Waals surface area contributed by atoms with Crippen LogP contribution in [0.2, 0.25) is 0 Å². The molecule has 36 heavy (non-hydrogen) atoms. The van der Waals surface area contributed by atoms with Crippen LogP contribution < -0.4 is 21.4 Å². The van der Waals surface area contributed by atoms with E-state index in [0.717, 1.165) is 43.0 Å². The zero-order valence-electron chi connectivity index (χ0n) is 20.0. The molecule has 2 aromatic carbocycles. The van der Waals surface area contributed by atoms with Gasteiger partial charge in [0.05, 0.1) is 11.1 Å². The van der Waals surface area contributed by atoms with Crippen LogP contribution in [0.4, 0.5) is 5.69 Å². The molecule has 0 spiro atoms. The molecule has 3 aromatic rings. The van der Waals surface area contributed by atoms with Crippen LogP contribution in [-0.4, -0.2) is 53.0 Å². The average Bonchev–Trinajstić information content (AvgIpc) is 2.91. The summed E-state index contributed by atoms with van der Waals surface area (Å²) in [5.41, 5.74) is 1.40. The number of carbonyl (C=O) groups is 3. The number of nitrogens with one attached hydrogen (secondary N) is 3. The molecule has 0 aliphatic heterocycles. The Balaban J connectivity index is 1.57. The predicted octanol–water partition coefficient (Wildman–Crippen LogP) is 1.59. The molecule has 9 nitrogen and oxygen atoms in total. The van der Waals surface area contributed by atoms with Gasteiger partial charge in [0.1, 0.15) is 6.04 Å². The smallest absolute Gasteiger partial charge is 0.423 e. The highest BCUT2D eigenvalue weighted by atomic mass is 16.4. The van der Waals surface area contributed by atoms with E-state index in [4.69, 9.17) is 0 Å². The number of nitrogens with zero attached hydrogens (tertiary/aromatic N) is 1. The van der Waals surface area contributed by atoms with E-state index >= 15 is 0 Å². The number of carbonyl (C=O) groups excluding carboxylic acids is 3. The number of hydrogen-bond acceptors (Lipinski definition) is 6. The maximum atomic E-state index is 13.2. The summed E-state index contributed by atoms with van der Waals surface area (Å²) in [6.07, 6.45) is 6.25. The number of aromatic nitrogens is 1. The van der Waals surface area contributed by atoms with Gasteiger partial charge in [0.2, 0.25) is 5.91 Å². The summed E-state index contributed by atoms with van der Waals surface area (Å²) in [5.74, 6) is -1.26. The molecule has 0 radical (unpaired) electrons. The summed E-state index contributed by atoms with van der Waals surface area (Å²) in [5, 5.41) is 28.5. The molecule has 1 aromatic heterocycles. The monoisotopic (exact) mass is 488 g/mol. The minimum absolute atomic E-state index is 0.0221. The lowest BCUT2D eigenvalue weighted by atomic mass is 9.79. The summed E-state index contributed by atoms with van der Waals surface area (Å²) >= 11 is 0. The Kier molecular flexibility index (Phi) is 7.97. The van der Waals surface area contributed by atoms with E-state index < -0.39 is 25.0 Å². The second kappa shape index (κ2) is 11.3. The highest BCUT2D eigenvalue weighted by Crippen LogP contribution is 2.27. The van der Waals surface area contributed by atoms with Crippen molar-refractivity contribution >= 4 is 46.9 Å². The second-order valence-electron chi connectivity index (χ2n) is 9.05. The summed E-state index contributed by atoms with van der Waals surface area (Å²) < 4.78 is 0. The molecule has 1 atom stereocenters. The lowest BCUT2D eigenvalue weighted by Crippen LogP contribution is -2.50.